The standard InChI is InChI=1S/C42H62O4/c1-6-9-10-11-31-12-22-41(32(7-2)26-31)38-21-23-40(33(8-3)27-38)37-19-17-35(18-20-37)34-13-15-36(16-14-34)39(29-45-5)24-25-46-42(44)30(4)28-43/h12,21-23,26-27,34-37,39,43H,4,6-11,13-20,24-25,28-29H2,1-3,5H3. The zero-order chi connectivity index (χ0) is 32.9. The summed E-state index contributed by atoms with van der Waals surface area (Å²) in [6.07, 6.45) is 18.5. The fraction of sp³-hybridized carbons (Fsp3) is 0.643. The molecule has 254 valence electrons. The fourth-order valence-corrected chi connectivity index (χ4v) is 8.56. The van der Waals surface area contributed by atoms with E-state index in [0.29, 0.717) is 31.0 Å². The Kier molecular flexibility index (Phi) is 14.9. The van der Waals surface area contributed by atoms with E-state index in [1.807, 2.05) is 0 Å². The Morgan fingerprint density at radius 1 is 0.891 bits per heavy atom. The Morgan fingerprint density at radius 2 is 1.59 bits per heavy atom. The maximum atomic E-state index is 11.9. The first kappa shape index (κ1) is 36.4. The molecule has 4 nitrogen and oxygen atoms in total. The van der Waals surface area contributed by atoms with E-state index < -0.39 is 5.97 Å². The van der Waals surface area contributed by atoms with Crippen molar-refractivity contribution in [3.8, 4) is 11.1 Å². The zero-order valence-electron chi connectivity index (χ0n) is 29.5. The van der Waals surface area contributed by atoms with Crippen LogP contribution in [0.25, 0.3) is 11.1 Å². The van der Waals surface area contributed by atoms with Gasteiger partial charge in [-0.05, 0) is 146 Å². The number of carbonyl (C=O) groups is 1. The van der Waals surface area contributed by atoms with Gasteiger partial charge in [0.25, 0.3) is 0 Å². The molecular weight excluding hydrogens is 568 g/mol. The van der Waals surface area contributed by atoms with Gasteiger partial charge in [0.05, 0.1) is 18.8 Å². The van der Waals surface area contributed by atoms with Crippen molar-refractivity contribution in [1.82, 2.24) is 0 Å². The van der Waals surface area contributed by atoms with Gasteiger partial charge in [-0.3, -0.25) is 0 Å². The highest BCUT2D eigenvalue weighted by Crippen LogP contribution is 2.46. The molecule has 2 aromatic carbocycles. The summed E-state index contributed by atoms with van der Waals surface area (Å²) in [7, 11) is 1.77. The second-order valence-electron chi connectivity index (χ2n) is 14.3. The van der Waals surface area contributed by atoms with Gasteiger partial charge in [0.15, 0.2) is 0 Å². The van der Waals surface area contributed by atoms with Crippen LogP contribution in [0.3, 0.4) is 0 Å². The molecule has 0 amide bonds. The minimum atomic E-state index is -0.492. The summed E-state index contributed by atoms with van der Waals surface area (Å²) >= 11 is 0. The molecule has 46 heavy (non-hydrogen) atoms. The first-order valence-corrected chi connectivity index (χ1v) is 18.6. The van der Waals surface area contributed by atoms with Crippen molar-refractivity contribution in [2.45, 2.75) is 123 Å². The SMILES string of the molecule is C=C(CO)C(=O)OCCC(COC)C1CCC(C2CCC(c3ccc(-c4ccc(CCCCC)cc4CC)cc3CC)CC2)CC1. The molecule has 0 aromatic heterocycles. The van der Waals surface area contributed by atoms with E-state index in [2.05, 4.69) is 63.7 Å². The summed E-state index contributed by atoms with van der Waals surface area (Å²) in [4.78, 5) is 11.9. The van der Waals surface area contributed by atoms with Crippen LogP contribution < -0.4 is 0 Å². The quantitative estimate of drug-likeness (QED) is 0.107. The predicted octanol–water partition coefficient (Wildman–Crippen LogP) is 10.0. The number of unbranched alkanes of at least 4 members (excludes halogenated alkanes) is 2. The van der Waals surface area contributed by atoms with Gasteiger partial charge in [-0.15, -0.1) is 0 Å². The van der Waals surface area contributed by atoms with Gasteiger partial charge in [-0.2, -0.15) is 0 Å². The van der Waals surface area contributed by atoms with Gasteiger partial charge < -0.3 is 14.6 Å². The van der Waals surface area contributed by atoms with Crippen molar-refractivity contribution in [3.63, 3.8) is 0 Å². The molecule has 1 atom stereocenters. The Morgan fingerprint density at radius 3 is 2.22 bits per heavy atom. The number of rotatable bonds is 17. The van der Waals surface area contributed by atoms with Gasteiger partial charge in [0.1, 0.15) is 0 Å². The fourth-order valence-electron chi connectivity index (χ4n) is 8.56. The van der Waals surface area contributed by atoms with E-state index in [0.717, 1.165) is 31.1 Å². The maximum absolute atomic E-state index is 11.9. The monoisotopic (exact) mass is 630 g/mol. The summed E-state index contributed by atoms with van der Waals surface area (Å²) in [6, 6.07) is 14.6. The summed E-state index contributed by atoms with van der Waals surface area (Å²) in [5, 5.41) is 9.11. The summed E-state index contributed by atoms with van der Waals surface area (Å²) in [5.41, 5.74) is 9.06. The van der Waals surface area contributed by atoms with Gasteiger partial charge >= 0.3 is 5.97 Å². The van der Waals surface area contributed by atoms with Crippen LogP contribution in [0.15, 0.2) is 48.6 Å². The highest BCUT2D eigenvalue weighted by molar-refractivity contribution is 5.87. The average Bonchev–Trinajstić information content (AvgIpc) is 3.10. The third-order valence-corrected chi connectivity index (χ3v) is 11.4. The number of methoxy groups -OCH3 is 1. The van der Waals surface area contributed by atoms with Crippen LogP contribution in [0.4, 0.5) is 0 Å². The van der Waals surface area contributed by atoms with E-state index in [1.54, 1.807) is 18.2 Å². The van der Waals surface area contributed by atoms with E-state index >= 15 is 0 Å². The molecule has 2 fully saturated rings. The van der Waals surface area contributed by atoms with Crippen LogP contribution in [0.1, 0.15) is 126 Å². The maximum Gasteiger partial charge on any atom is 0.335 e. The lowest BCUT2D eigenvalue weighted by Gasteiger charge is -2.40. The van der Waals surface area contributed by atoms with Crippen molar-refractivity contribution < 1.29 is 19.4 Å². The predicted molar refractivity (Wildman–Crippen MR) is 191 cm³/mol. The molecule has 0 saturated heterocycles. The number of hydrogen-bond acceptors (Lipinski definition) is 4. The summed E-state index contributed by atoms with van der Waals surface area (Å²) in [6.45, 7) is 11.2. The molecule has 1 N–H and O–H groups in total. The van der Waals surface area contributed by atoms with Crippen molar-refractivity contribution in [1.29, 1.82) is 0 Å². The van der Waals surface area contributed by atoms with E-state index in [4.69, 9.17) is 14.6 Å². The van der Waals surface area contributed by atoms with Gasteiger partial charge in [0.2, 0.25) is 0 Å². The van der Waals surface area contributed by atoms with Crippen LogP contribution in [0, 0.1) is 23.7 Å². The lowest BCUT2D eigenvalue weighted by atomic mass is 9.66. The smallest absolute Gasteiger partial charge is 0.335 e. The zero-order valence-corrected chi connectivity index (χ0v) is 29.5. The first-order valence-electron chi connectivity index (χ1n) is 18.6. The lowest BCUT2D eigenvalue weighted by Crippen LogP contribution is -2.30. The van der Waals surface area contributed by atoms with E-state index in [1.165, 1.54) is 99.3 Å². The lowest BCUT2D eigenvalue weighted by molar-refractivity contribution is -0.140. The van der Waals surface area contributed by atoms with Gasteiger partial charge in [-0.25, -0.2) is 4.79 Å². The van der Waals surface area contributed by atoms with Crippen LogP contribution in [-0.4, -0.2) is 38.0 Å². The molecule has 0 spiro atoms. The van der Waals surface area contributed by atoms with Crippen LogP contribution in [0.5, 0.6) is 0 Å². The third-order valence-electron chi connectivity index (χ3n) is 11.4. The van der Waals surface area contributed by atoms with E-state index in [9.17, 15) is 4.79 Å². The van der Waals surface area contributed by atoms with Crippen molar-refractivity contribution in [2.24, 2.45) is 23.7 Å². The number of aliphatic hydroxyl groups excluding tert-OH is 1. The Labute approximate surface area is 280 Å². The molecule has 1 unspecified atom stereocenters. The number of ether oxygens (including phenoxy) is 2. The summed E-state index contributed by atoms with van der Waals surface area (Å²) in [5.74, 6) is 2.94. The van der Waals surface area contributed by atoms with Crippen molar-refractivity contribution >= 4 is 5.97 Å². The topological polar surface area (TPSA) is 55.8 Å². The Hall–Kier alpha value is -2.43. The van der Waals surface area contributed by atoms with Gasteiger partial charge in [0, 0.05) is 13.7 Å². The first-order chi connectivity index (χ1) is 22.4. The number of benzene rings is 2. The molecule has 2 aromatic rings. The number of hydrogen-bond donors (Lipinski definition) is 1. The van der Waals surface area contributed by atoms with Crippen LogP contribution in [0.2, 0.25) is 0 Å². The number of esters is 1. The molecule has 0 bridgehead atoms. The van der Waals surface area contributed by atoms with E-state index in [-0.39, 0.29) is 12.2 Å². The molecule has 0 radical (unpaired) electrons. The number of carbonyl (C=O) groups excluding carboxylic acids is 1. The van der Waals surface area contributed by atoms with Crippen LogP contribution >= 0.6 is 0 Å². The summed E-state index contributed by atoms with van der Waals surface area (Å²) < 4.78 is 10.9. The molecule has 4 heteroatoms. The molecular formula is C42H62O4. The molecule has 4 rings (SSSR count). The number of aryl methyl sites for hydroxylation is 3. The molecule has 2 aliphatic carbocycles. The van der Waals surface area contributed by atoms with Crippen molar-refractivity contribution in [2.75, 3.05) is 26.9 Å². The molecule has 2 aliphatic rings. The highest BCUT2D eigenvalue weighted by Gasteiger charge is 2.34. The third kappa shape index (κ3) is 9.80. The second-order valence-corrected chi connectivity index (χ2v) is 14.3. The average molecular weight is 631 g/mol. The normalized spacial score (nSPS) is 22.4. The van der Waals surface area contributed by atoms with Crippen LogP contribution in [-0.2, 0) is 33.5 Å². The Bertz CT molecular complexity index is 1230. The Balaban J connectivity index is 1.30. The number of aliphatic hydroxyl groups is 1. The molecule has 0 aliphatic heterocycles. The minimum Gasteiger partial charge on any atom is -0.462 e. The molecule has 2 saturated carbocycles. The minimum absolute atomic E-state index is 0.116. The highest BCUT2D eigenvalue weighted by atomic mass is 16.5. The second kappa shape index (κ2) is 18.8. The van der Waals surface area contributed by atoms with Crippen molar-refractivity contribution in [3.05, 3.63) is 70.8 Å². The van der Waals surface area contributed by atoms with Gasteiger partial charge in [-0.1, -0.05) is 76.6 Å². The largest absolute Gasteiger partial charge is 0.462 e. The molecule has 0 heterocycles.